The molecule has 2 atom stereocenters. The van der Waals surface area contributed by atoms with Crippen LogP contribution < -0.4 is 0 Å². The summed E-state index contributed by atoms with van der Waals surface area (Å²) in [6.07, 6.45) is -2.07. The molecule has 1 aromatic heterocycles. The van der Waals surface area contributed by atoms with Gasteiger partial charge in [-0.1, -0.05) is 42.5 Å². The molecule has 8 heteroatoms. The number of aryl methyl sites for hydroxylation is 1. The maximum atomic E-state index is 13.2. The van der Waals surface area contributed by atoms with Crippen molar-refractivity contribution in [2.24, 2.45) is 0 Å². The van der Waals surface area contributed by atoms with E-state index < -0.39 is 28.4 Å². The van der Waals surface area contributed by atoms with Gasteiger partial charge >= 0.3 is 6.16 Å². The SMILES string of the molecule is C=C1OC(=O)O[C@@H]1[C@H](O)c1cn(S(=O)(=O)c2ccc(C)cc2)c2ccccc12. The van der Waals surface area contributed by atoms with Crippen molar-refractivity contribution in [1.29, 1.82) is 0 Å². The lowest BCUT2D eigenvalue weighted by molar-refractivity contribution is 0.0410. The van der Waals surface area contributed by atoms with Crippen molar-refractivity contribution in [3.8, 4) is 0 Å². The molecule has 7 nitrogen and oxygen atoms in total. The number of aromatic nitrogens is 1. The van der Waals surface area contributed by atoms with E-state index in [-0.39, 0.29) is 16.2 Å². The number of rotatable bonds is 4. The zero-order chi connectivity index (χ0) is 20.1. The quantitative estimate of drug-likeness (QED) is 0.677. The van der Waals surface area contributed by atoms with E-state index >= 15 is 0 Å². The molecule has 3 aromatic rings. The van der Waals surface area contributed by atoms with E-state index in [1.54, 1.807) is 36.4 Å². The van der Waals surface area contributed by atoms with E-state index in [9.17, 15) is 18.3 Å². The highest BCUT2D eigenvalue weighted by atomic mass is 32.2. The fraction of sp³-hybridized carbons (Fsp3) is 0.150. The summed E-state index contributed by atoms with van der Waals surface area (Å²) in [7, 11) is -3.90. The number of nitrogens with zero attached hydrogens (tertiary/aromatic N) is 1. The van der Waals surface area contributed by atoms with Crippen LogP contribution in [0.3, 0.4) is 0 Å². The highest BCUT2D eigenvalue weighted by Gasteiger charge is 2.38. The van der Waals surface area contributed by atoms with Crippen LogP contribution in [0.5, 0.6) is 0 Å². The molecule has 144 valence electrons. The van der Waals surface area contributed by atoms with Crippen LogP contribution in [0.15, 0.2) is 72.0 Å². The normalized spacial score (nSPS) is 18.1. The molecule has 2 heterocycles. The molecule has 0 saturated carbocycles. The first-order chi connectivity index (χ1) is 13.3. The highest BCUT2D eigenvalue weighted by molar-refractivity contribution is 7.90. The molecule has 28 heavy (non-hydrogen) atoms. The first-order valence-electron chi connectivity index (χ1n) is 8.46. The fourth-order valence-electron chi connectivity index (χ4n) is 3.20. The number of cyclic esters (lactones) is 2. The van der Waals surface area contributed by atoms with Gasteiger partial charge in [-0.05, 0) is 25.1 Å². The minimum atomic E-state index is -3.90. The molecular weight excluding hydrogens is 382 g/mol. The van der Waals surface area contributed by atoms with Crippen LogP contribution in [0, 0.1) is 6.92 Å². The Bertz CT molecular complexity index is 1190. The Labute approximate surface area is 161 Å². The Kier molecular flexibility index (Phi) is 4.24. The van der Waals surface area contributed by atoms with Gasteiger partial charge in [0.25, 0.3) is 10.0 Å². The van der Waals surface area contributed by atoms with Crippen LogP contribution in [-0.2, 0) is 19.5 Å². The predicted molar refractivity (Wildman–Crippen MR) is 101 cm³/mol. The van der Waals surface area contributed by atoms with Crippen molar-refractivity contribution in [3.05, 3.63) is 78.2 Å². The lowest BCUT2D eigenvalue weighted by atomic mass is 10.0. The molecule has 1 aliphatic heterocycles. The Morgan fingerprint density at radius 1 is 1.14 bits per heavy atom. The van der Waals surface area contributed by atoms with E-state index in [2.05, 4.69) is 6.58 Å². The smallest absolute Gasteiger partial charge is 0.419 e. The zero-order valence-corrected chi connectivity index (χ0v) is 15.7. The molecule has 1 N–H and O–H groups in total. The van der Waals surface area contributed by atoms with Crippen molar-refractivity contribution in [2.75, 3.05) is 0 Å². The lowest BCUT2D eigenvalue weighted by Gasteiger charge is -2.14. The molecular formula is C20H17NO6S. The molecule has 1 aliphatic rings. The Balaban J connectivity index is 1.86. The molecule has 0 radical (unpaired) electrons. The van der Waals surface area contributed by atoms with Crippen LogP contribution >= 0.6 is 0 Å². The number of aliphatic hydroxyl groups excluding tert-OH is 1. The van der Waals surface area contributed by atoms with Crippen LogP contribution in [0.2, 0.25) is 0 Å². The summed E-state index contributed by atoms with van der Waals surface area (Å²) in [5.74, 6) is -0.0317. The third-order valence-electron chi connectivity index (χ3n) is 4.65. The van der Waals surface area contributed by atoms with E-state index in [1.807, 2.05) is 6.92 Å². The fourth-order valence-corrected chi connectivity index (χ4v) is 4.57. The van der Waals surface area contributed by atoms with Gasteiger partial charge in [0, 0.05) is 17.1 Å². The number of carbonyl (C=O) groups is 1. The number of carbonyl (C=O) groups excluding carboxylic acids is 1. The maximum Gasteiger partial charge on any atom is 0.514 e. The zero-order valence-electron chi connectivity index (χ0n) is 14.9. The average Bonchev–Trinajstić information content (AvgIpc) is 3.22. The van der Waals surface area contributed by atoms with Gasteiger partial charge in [0.05, 0.1) is 10.4 Å². The van der Waals surface area contributed by atoms with Gasteiger partial charge < -0.3 is 14.6 Å². The number of fused-ring (bicyclic) bond motifs is 1. The highest BCUT2D eigenvalue weighted by Crippen LogP contribution is 2.35. The first kappa shape index (κ1) is 18.3. The number of benzene rings is 2. The summed E-state index contributed by atoms with van der Waals surface area (Å²) in [6, 6.07) is 13.3. The molecule has 0 amide bonds. The molecule has 1 fully saturated rings. The lowest BCUT2D eigenvalue weighted by Crippen LogP contribution is -2.19. The number of hydrogen-bond donors (Lipinski definition) is 1. The molecule has 0 unspecified atom stereocenters. The summed E-state index contributed by atoms with van der Waals surface area (Å²) in [5, 5.41) is 11.3. The van der Waals surface area contributed by atoms with E-state index in [0.29, 0.717) is 10.9 Å². The van der Waals surface area contributed by atoms with Gasteiger partial charge in [-0.25, -0.2) is 17.2 Å². The second-order valence-corrected chi connectivity index (χ2v) is 8.33. The monoisotopic (exact) mass is 399 g/mol. The number of hydrogen-bond acceptors (Lipinski definition) is 6. The van der Waals surface area contributed by atoms with Gasteiger partial charge in [-0.15, -0.1) is 0 Å². The van der Waals surface area contributed by atoms with Crippen molar-refractivity contribution in [1.82, 2.24) is 3.97 Å². The molecule has 0 aliphatic carbocycles. The topological polar surface area (TPSA) is 94.8 Å². The van der Waals surface area contributed by atoms with E-state index in [0.717, 1.165) is 9.54 Å². The average molecular weight is 399 g/mol. The van der Waals surface area contributed by atoms with Crippen LogP contribution in [0.1, 0.15) is 17.2 Å². The molecule has 1 saturated heterocycles. The molecule has 2 aromatic carbocycles. The summed E-state index contributed by atoms with van der Waals surface area (Å²) in [5.41, 5.74) is 1.62. The van der Waals surface area contributed by atoms with Gasteiger partial charge in [0.15, 0.2) is 6.10 Å². The van der Waals surface area contributed by atoms with Crippen molar-refractivity contribution in [2.45, 2.75) is 24.0 Å². The van der Waals surface area contributed by atoms with Crippen LogP contribution in [0.4, 0.5) is 4.79 Å². The minimum Gasteiger partial charge on any atom is -0.419 e. The standard InChI is InChI=1S/C20H17NO6S/c1-12-7-9-14(10-8-12)28(24,25)21-11-16(15-5-3-4-6-17(15)21)18(22)19-13(2)26-20(23)27-19/h3-11,18-19,22H,2H2,1H3/t18-,19+/m1/s1. The molecule has 0 bridgehead atoms. The van der Waals surface area contributed by atoms with Crippen molar-refractivity contribution >= 4 is 27.1 Å². The van der Waals surface area contributed by atoms with Crippen molar-refractivity contribution < 1.29 is 27.8 Å². The second-order valence-electron chi connectivity index (χ2n) is 6.52. The first-order valence-corrected chi connectivity index (χ1v) is 9.90. The summed E-state index contributed by atoms with van der Waals surface area (Å²) >= 11 is 0. The van der Waals surface area contributed by atoms with Gasteiger partial charge in [0.1, 0.15) is 11.9 Å². The largest absolute Gasteiger partial charge is 0.514 e. The van der Waals surface area contributed by atoms with Gasteiger partial charge in [-0.3, -0.25) is 0 Å². The van der Waals surface area contributed by atoms with Gasteiger partial charge in [-0.2, -0.15) is 0 Å². The number of ether oxygens (including phenoxy) is 2. The Hall–Kier alpha value is -3.10. The predicted octanol–water partition coefficient (Wildman–Crippen LogP) is 3.27. The Morgan fingerprint density at radius 3 is 2.46 bits per heavy atom. The summed E-state index contributed by atoms with van der Waals surface area (Å²) in [4.78, 5) is 11.4. The van der Waals surface area contributed by atoms with E-state index in [1.165, 1.54) is 18.3 Å². The summed E-state index contributed by atoms with van der Waals surface area (Å²) < 4.78 is 37.2. The third-order valence-corrected chi connectivity index (χ3v) is 6.33. The number of para-hydroxylation sites is 1. The maximum absolute atomic E-state index is 13.2. The van der Waals surface area contributed by atoms with Crippen LogP contribution in [-0.4, -0.2) is 29.8 Å². The molecule has 4 rings (SSSR count). The second kappa shape index (κ2) is 6.50. The van der Waals surface area contributed by atoms with Crippen LogP contribution in [0.25, 0.3) is 10.9 Å². The minimum absolute atomic E-state index is 0.0317. The van der Waals surface area contributed by atoms with Crippen molar-refractivity contribution in [3.63, 3.8) is 0 Å². The van der Waals surface area contributed by atoms with Gasteiger partial charge in [0.2, 0.25) is 0 Å². The third kappa shape index (κ3) is 2.87. The summed E-state index contributed by atoms with van der Waals surface area (Å²) in [6.45, 7) is 5.44. The van der Waals surface area contributed by atoms with E-state index in [4.69, 9.17) is 9.47 Å². The molecule has 0 spiro atoms. The number of aliphatic hydroxyl groups is 1. The Morgan fingerprint density at radius 2 is 1.82 bits per heavy atom.